The van der Waals surface area contributed by atoms with Crippen molar-refractivity contribution in [3.8, 4) is 0 Å². The van der Waals surface area contributed by atoms with Gasteiger partial charge < -0.3 is 5.32 Å². The van der Waals surface area contributed by atoms with Crippen molar-refractivity contribution in [3.63, 3.8) is 0 Å². The molecule has 0 heterocycles. The summed E-state index contributed by atoms with van der Waals surface area (Å²) >= 11 is 4.98. The quantitative estimate of drug-likeness (QED) is 0.344. The molecule has 2 nitrogen and oxygen atoms in total. The first kappa shape index (κ1) is 7.66. The van der Waals surface area contributed by atoms with Gasteiger partial charge >= 0.3 is 0 Å². The van der Waals surface area contributed by atoms with E-state index < -0.39 is 0 Å². The molecule has 0 spiro atoms. The number of halogens is 1. The van der Waals surface area contributed by atoms with Gasteiger partial charge in [0.05, 0.1) is 6.54 Å². The van der Waals surface area contributed by atoms with E-state index in [2.05, 4.69) is 11.9 Å². The highest BCUT2D eigenvalue weighted by Gasteiger charge is 1.89. The van der Waals surface area contributed by atoms with E-state index in [1.807, 2.05) is 0 Å². The molecule has 0 aromatic rings. The smallest absolute Gasteiger partial charge is 0.235 e. The molecule has 0 amide bonds. The zero-order valence-electron chi connectivity index (χ0n) is 4.48. The summed E-state index contributed by atoms with van der Waals surface area (Å²) in [5.41, 5.74) is 0. The van der Waals surface area contributed by atoms with Crippen LogP contribution in [0.2, 0.25) is 0 Å². The van der Waals surface area contributed by atoms with E-state index in [1.54, 1.807) is 6.08 Å². The van der Waals surface area contributed by atoms with Crippen LogP contribution in [0, 0.1) is 0 Å². The second-order valence-electron chi connectivity index (χ2n) is 1.27. The molecule has 8 heavy (non-hydrogen) atoms. The molecule has 0 aliphatic heterocycles. The summed E-state index contributed by atoms with van der Waals surface area (Å²) in [6.45, 7) is 4.28. The van der Waals surface area contributed by atoms with E-state index in [9.17, 15) is 4.79 Å². The van der Waals surface area contributed by atoms with Gasteiger partial charge in [-0.2, -0.15) is 0 Å². The van der Waals surface area contributed by atoms with Crippen LogP contribution < -0.4 is 5.32 Å². The molecule has 0 saturated carbocycles. The third kappa shape index (κ3) is 5.66. The molecule has 46 valence electrons. The molecule has 0 atom stereocenters. The monoisotopic (exact) mass is 133 g/mol. The lowest BCUT2D eigenvalue weighted by atomic mass is 10.6. The number of carbonyl (C=O) groups excluding carboxylic acids is 1. The lowest BCUT2D eigenvalue weighted by Crippen LogP contribution is -2.19. The van der Waals surface area contributed by atoms with Crippen LogP contribution in [0.3, 0.4) is 0 Å². The fraction of sp³-hybridized carbons (Fsp3) is 0.400. The van der Waals surface area contributed by atoms with Crippen LogP contribution in [0.1, 0.15) is 0 Å². The second-order valence-corrected chi connectivity index (χ2v) is 1.70. The van der Waals surface area contributed by atoms with Crippen molar-refractivity contribution in [1.29, 1.82) is 0 Å². The summed E-state index contributed by atoms with van der Waals surface area (Å²) in [7, 11) is 0. The van der Waals surface area contributed by atoms with Gasteiger partial charge in [0.25, 0.3) is 0 Å². The number of rotatable bonds is 4. The predicted octanol–water partition coefficient (Wildman–Crippen LogP) is 0.527. The van der Waals surface area contributed by atoms with Crippen LogP contribution in [-0.4, -0.2) is 18.3 Å². The molecule has 0 radical (unpaired) electrons. The third-order valence-electron chi connectivity index (χ3n) is 0.553. The van der Waals surface area contributed by atoms with Crippen molar-refractivity contribution in [2.45, 2.75) is 0 Å². The van der Waals surface area contributed by atoms with Crippen molar-refractivity contribution >= 4 is 16.8 Å². The molecule has 0 bridgehead atoms. The fourth-order valence-electron chi connectivity index (χ4n) is 0.273. The fourth-order valence-corrected chi connectivity index (χ4v) is 0.367. The van der Waals surface area contributed by atoms with Crippen molar-refractivity contribution in [2.24, 2.45) is 0 Å². The van der Waals surface area contributed by atoms with Crippen LogP contribution in [0.15, 0.2) is 12.7 Å². The van der Waals surface area contributed by atoms with Gasteiger partial charge in [0.2, 0.25) is 5.24 Å². The van der Waals surface area contributed by atoms with Crippen molar-refractivity contribution < 1.29 is 4.79 Å². The van der Waals surface area contributed by atoms with E-state index >= 15 is 0 Å². The van der Waals surface area contributed by atoms with Gasteiger partial charge in [0.15, 0.2) is 0 Å². The first-order valence-corrected chi connectivity index (χ1v) is 2.65. The molecule has 0 unspecified atom stereocenters. The van der Waals surface area contributed by atoms with Gasteiger partial charge in [-0.05, 0) is 11.6 Å². The van der Waals surface area contributed by atoms with Gasteiger partial charge in [-0.3, -0.25) is 4.79 Å². The zero-order chi connectivity index (χ0) is 6.41. The molecule has 0 saturated heterocycles. The van der Waals surface area contributed by atoms with E-state index in [4.69, 9.17) is 11.6 Å². The maximum Gasteiger partial charge on any atom is 0.235 e. The van der Waals surface area contributed by atoms with Crippen LogP contribution >= 0.6 is 11.6 Å². The largest absolute Gasteiger partial charge is 0.305 e. The first-order valence-electron chi connectivity index (χ1n) is 2.27. The molecule has 0 aliphatic carbocycles. The molecule has 0 aromatic heterocycles. The average Bonchev–Trinajstić information content (AvgIpc) is 1.66. The van der Waals surface area contributed by atoms with E-state index in [-0.39, 0.29) is 11.8 Å². The van der Waals surface area contributed by atoms with Crippen LogP contribution in [0.25, 0.3) is 0 Å². The molecule has 0 aromatic carbocycles. The Hall–Kier alpha value is -0.340. The second kappa shape index (κ2) is 4.81. The minimum atomic E-state index is -0.369. The summed E-state index contributed by atoms with van der Waals surface area (Å²) in [5, 5.41) is 2.37. The molecule has 0 fully saturated rings. The summed E-state index contributed by atoms with van der Waals surface area (Å²) < 4.78 is 0. The van der Waals surface area contributed by atoms with Crippen LogP contribution in [0.5, 0.6) is 0 Å². The summed E-state index contributed by atoms with van der Waals surface area (Å²) in [5.74, 6) is 0. The van der Waals surface area contributed by atoms with Crippen LogP contribution in [0.4, 0.5) is 0 Å². The van der Waals surface area contributed by atoms with E-state index in [0.29, 0.717) is 6.54 Å². The lowest BCUT2D eigenvalue weighted by molar-refractivity contribution is -0.110. The van der Waals surface area contributed by atoms with Gasteiger partial charge in [-0.1, -0.05) is 6.08 Å². The number of nitrogens with one attached hydrogen (secondary N) is 1. The van der Waals surface area contributed by atoms with Crippen molar-refractivity contribution in [1.82, 2.24) is 5.32 Å². The van der Waals surface area contributed by atoms with Gasteiger partial charge in [0, 0.05) is 6.54 Å². The highest BCUT2D eigenvalue weighted by molar-refractivity contribution is 6.64. The lowest BCUT2D eigenvalue weighted by Gasteiger charge is -1.91. The summed E-state index contributed by atoms with van der Waals surface area (Å²) in [6.07, 6.45) is 1.67. The molecular weight excluding hydrogens is 126 g/mol. The van der Waals surface area contributed by atoms with E-state index in [1.165, 1.54) is 0 Å². The topological polar surface area (TPSA) is 29.1 Å². The zero-order valence-corrected chi connectivity index (χ0v) is 5.24. The maximum absolute atomic E-state index is 9.99. The van der Waals surface area contributed by atoms with Crippen LogP contribution in [-0.2, 0) is 4.79 Å². The minimum Gasteiger partial charge on any atom is -0.305 e. The van der Waals surface area contributed by atoms with Gasteiger partial charge in [0.1, 0.15) is 0 Å². The molecular formula is C5H8ClNO. The van der Waals surface area contributed by atoms with E-state index in [0.717, 1.165) is 0 Å². The minimum absolute atomic E-state index is 0.216. The Balaban J connectivity index is 2.93. The highest BCUT2D eigenvalue weighted by Crippen LogP contribution is 1.73. The number of hydrogen-bond acceptors (Lipinski definition) is 2. The Morgan fingerprint density at radius 2 is 2.50 bits per heavy atom. The highest BCUT2D eigenvalue weighted by atomic mass is 35.5. The summed E-state index contributed by atoms with van der Waals surface area (Å²) in [6, 6.07) is 0. The third-order valence-corrected chi connectivity index (χ3v) is 0.686. The predicted molar refractivity (Wildman–Crippen MR) is 33.9 cm³/mol. The number of hydrogen-bond donors (Lipinski definition) is 1. The average molecular weight is 134 g/mol. The standard InChI is InChI=1S/C5H8ClNO/c1-2-3-7-4-5(6)8/h2,7H,1,3-4H2. The Morgan fingerprint density at radius 1 is 1.88 bits per heavy atom. The van der Waals surface area contributed by atoms with Crippen molar-refractivity contribution in [3.05, 3.63) is 12.7 Å². The Kier molecular flexibility index (Phi) is 4.61. The first-order chi connectivity index (χ1) is 3.77. The Labute approximate surface area is 53.5 Å². The Morgan fingerprint density at radius 3 is 2.88 bits per heavy atom. The summed E-state index contributed by atoms with van der Waals surface area (Å²) in [4.78, 5) is 9.99. The molecule has 0 rings (SSSR count). The number of carbonyl (C=O) groups is 1. The normalized spacial score (nSPS) is 8.62. The molecule has 3 heteroatoms. The van der Waals surface area contributed by atoms with Gasteiger partial charge in [-0.15, -0.1) is 6.58 Å². The van der Waals surface area contributed by atoms with Gasteiger partial charge in [-0.25, -0.2) is 0 Å². The molecule has 0 aliphatic rings. The SMILES string of the molecule is C=CCNCC(=O)Cl. The maximum atomic E-state index is 9.99. The Bertz CT molecular complexity index is 92.4. The molecule has 1 N–H and O–H groups in total. The van der Waals surface area contributed by atoms with Crippen molar-refractivity contribution in [2.75, 3.05) is 13.1 Å².